The van der Waals surface area contributed by atoms with E-state index in [4.69, 9.17) is 5.11 Å². The highest BCUT2D eigenvalue weighted by Crippen LogP contribution is 2.43. The van der Waals surface area contributed by atoms with Gasteiger partial charge in [0.25, 0.3) is 0 Å². The average Bonchev–Trinajstić information content (AvgIpc) is 2.69. The highest BCUT2D eigenvalue weighted by atomic mass is 31.1. The van der Waals surface area contributed by atoms with Crippen molar-refractivity contribution < 1.29 is 42.4 Å². The van der Waals surface area contributed by atoms with Crippen molar-refractivity contribution in [1.82, 2.24) is 0 Å². The summed E-state index contributed by atoms with van der Waals surface area (Å²) in [7, 11) is -3.58. The molecular formula is C20H21F3NO6P. The zero-order valence-corrected chi connectivity index (χ0v) is 17.0. The quantitative estimate of drug-likeness (QED) is 0.392. The number of aliphatic carboxylic acids is 2. The van der Waals surface area contributed by atoms with Gasteiger partial charge >= 0.3 is 18.1 Å². The number of nitrogens with one attached hydrogen (secondary N) is 1. The summed E-state index contributed by atoms with van der Waals surface area (Å²) in [6.45, 7) is 0. The second-order valence-corrected chi connectivity index (χ2v) is 8.20. The highest BCUT2D eigenvalue weighted by molar-refractivity contribution is 7.39. The van der Waals surface area contributed by atoms with Crippen molar-refractivity contribution in [3.05, 3.63) is 65.7 Å². The van der Waals surface area contributed by atoms with E-state index >= 15 is 0 Å². The van der Waals surface area contributed by atoms with Crippen LogP contribution >= 0.6 is 8.03 Å². The third-order valence-electron chi connectivity index (χ3n) is 4.73. The molecule has 0 spiro atoms. The molecule has 0 saturated heterocycles. The second kappa shape index (κ2) is 10.5. The average molecular weight is 459 g/mol. The maximum absolute atomic E-state index is 13.1. The van der Waals surface area contributed by atoms with Crippen LogP contribution < -0.4 is 5.32 Å². The number of carbonyl (C=O) groups is 2. The van der Waals surface area contributed by atoms with Gasteiger partial charge in [0, 0.05) is 12.1 Å². The fourth-order valence-electron chi connectivity index (χ4n) is 3.29. The van der Waals surface area contributed by atoms with Crippen molar-refractivity contribution in [2.45, 2.75) is 30.7 Å². The molecule has 0 aliphatic carbocycles. The Morgan fingerprint density at radius 3 is 2.19 bits per heavy atom. The number of hydrogen-bond acceptors (Lipinski definition) is 4. The van der Waals surface area contributed by atoms with Gasteiger partial charge < -0.3 is 20.4 Å². The molecule has 2 aromatic carbocycles. The molecule has 7 nitrogen and oxygen atoms in total. The number of rotatable bonds is 10. The van der Waals surface area contributed by atoms with Crippen LogP contribution in [0.25, 0.3) is 0 Å². The van der Waals surface area contributed by atoms with Gasteiger partial charge in [-0.25, -0.2) is 0 Å². The predicted octanol–water partition coefficient (Wildman–Crippen LogP) is 4.26. The summed E-state index contributed by atoms with van der Waals surface area (Å²) in [4.78, 5) is 32.8. The van der Waals surface area contributed by atoms with Crippen LogP contribution in [0.15, 0.2) is 54.6 Å². The lowest BCUT2D eigenvalue weighted by Crippen LogP contribution is -2.35. The Labute approximate surface area is 176 Å². The topological polar surface area (TPSA) is 124 Å². The Kier molecular flexibility index (Phi) is 8.24. The lowest BCUT2D eigenvalue weighted by molar-refractivity contribution is -0.143. The van der Waals surface area contributed by atoms with Crippen LogP contribution in [-0.2, 0) is 20.3 Å². The molecule has 168 valence electrons. The third-order valence-corrected chi connectivity index (χ3v) is 6.04. The molecule has 0 fully saturated rings. The molecule has 11 heteroatoms. The van der Waals surface area contributed by atoms with E-state index in [0.717, 1.165) is 18.2 Å². The van der Waals surface area contributed by atoms with Gasteiger partial charge in [0.1, 0.15) is 0 Å². The lowest BCUT2D eigenvalue weighted by atomic mass is 9.90. The Hall–Kier alpha value is -2.84. The van der Waals surface area contributed by atoms with Crippen LogP contribution in [0.2, 0.25) is 0 Å². The second-order valence-electron chi connectivity index (χ2n) is 6.85. The number of hydrogen-bond donors (Lipinski definition) is 4. The number of benzene rings is 2. The van der Waals surface area contributed by atoms with Crippen LogP contribution in [0.1, 0.15) is 30.0 Å². The van der Waals surface area contributed by atoms with Crippen LogP contribution in [-0.4, -0.2) is 32.7 Å². The summed E-state index contributed by atoms with van der Waals surface area (Å²) < 4.78 is 51.5. The largest absolute Gasteiger partial charge is 0.481 e. The van der Waals surface area contributed by atoms with E-state index in [1.807, 2.05) is 0 Å². The van der Waals surface area contributed by atoms with Crippen molar-refractivity contribution in [3.63, 3.8) is 0 Å². The van der Waals surface area contributed by atoms with E-state index < -0.39 is 62.2 Å². The Morgan fingerprint density at radius 2 is 1.68 bits per heavy atom. The van der Waals surface area contributed by atoms with Gasteiger partial charge in [0.05, 0.1) is 23.2 Å². The normalized spacial score (nSPS) is 15.5. The van der Waals surface area contributed by atoms with Crippen LogP contribution in [0.3, 0.4) is 0 Å². The Morgan fingerprint density at radius 1 is 1.03 bits per heavy atom. The molecule has 4 unspecified atom stereocenters. The van der Waals surface area contributed by atoms with Gasteiger partial charge in [-0.05, 0) is 30.2 Å². The van der Waals surface area contributed by atoms with Crippen molar-refractivity contribution in [2.75, 3.05) is 5.32 Å². The number of carboxylic acid groups (broad SMARTS) is 2. The lowest BCUT2D eigenvalue weighted by Gasteiger charge is -2.31. The van der Waals surface area contributed by atoms with E-state index in [0.29, 0.717) is 5.56 Å². The molecule has 0 saturated carbocycles. The first-order chi connectivity index (χ1) is 14.5. The minimum Gasteiger partial charge on any atom is -0.481 e. The Balaban J connectivity index is 2.52. The van der Waals surface area contributed by atoms with Gasteiger partial charge in [0.2, 0.25) is 0 Å². The Bertz CT molecular complexity index is 938. The smallest absolute Gasteiger partial charge is 0.416 e. The molecule has 0 radical (unpaired) electrons. The van der Waals surface area contributed by atoms with Crippen molar-refractivity contribution in [2.24, 2.45) is 5.92 Å². The summed E-state index contributed by atoms with van der Waals surface area (Å²) in [6.07, 6.45) is -5.58. The van der Waals surface area contributed by atoms with E-state index in [1.165, 1.54) is 6.07 Å². The molecule has 4 N–H and O–H groups in total. The van der Waals surface area contributed by atoms with Gasteiger partial charge in [-0.3, -0.25) is 14.2 Å². The SMILES string of the molecule is O=C(O)CCC(C(=O)O)C(C(Nc1cccc(C(F)(F)F)c1)c1ccccc1)[PH](=O)O. The molecule has 4 atom stereocenters. The molecule has 0 heterocycles. The molecule has 0 bridgehead atoms. The van der Waals surface area contributed by atoms with E-state index in [1.54, 1.807) is 30.3 Å². The molecule has 0 aliphatic heterocycles. The maximum Gasteiger partial charge on any atom is 0.416 e. The summed E-state index contributed by atoms with van der Waals surface area (Å²) in [5.74, 6) is -4.26. The van der Waals surface area contributed by atoms with Crippen LogP contribution in [0, 0.1) is 5.92 Å². The monoisotopic (exact) mass is 459 g/mol. The minimum absolute atomic E-state index is 0.0284. The van der Waals surface area contributed by atoms with Crippen molar-refractivity contribution in [1.29, 1.82) is 0 Å². The molecular weight excluding hydrogens is 438 g/mol. The van der Waals surface area contributed by atoms with Gasteiger partial charge in [-0.1, -0.05) is 36.4 Å². The minimum atomic E-state index is -4.62. The molecule has 2 rings (SSSR count). The van der Waals surface area contributed by atoms with Gasteiger partial charge in [0.15, 0.2) is 8.03 Å². The number of alkyl halides is 3. The van der Waals surface area contributed by atoms with Gasteiger partial charge in [-0.2, -0.15) is 13.2 Å². The number of halogens is 3. The zero-order chi connectivity index (χ0) is 23.2. The molecule has 2 aromatic rings. The summed E-state index contributed by atoms with van der Waals surface area (Å²) in [5, 5.41) is 21.3. The van der Waals surface area contributed by atoms with E-state index in [-0.39, 0.29) is 5.69 Å². The first-order valence-corrected chi connectivity index (χ1v) is 10.6. The fourth-order valence-corrected chi connectivity index (χ4v) is 4.50. The fraction of sp³-hybridized carbons (Fsp3) is 0.300. The highest BCUT2D eigenvalue weighted by Gasteiger charge is 2.39. The zero-order valence-electron chi connectivity index (χ0n) is 16.0. The molecule has 0 aliphatic rings. The third kappa shape index (κ3) is 6.83. The molecule has 0 amide bonds. The van der Waals surface area contributed by atoms with E-state index in [2.05, 4.69) is 5.32 Å². The maximum atomic E-state index is 13.1. The van der Waals surface area contributed by atoms with Crippen molar-refractivity contribution in [3.8, 4) is 0 Å². The number of carboxylic acids is 2. The summed E-state index contributed by atoms with van der Waals surface area (Å²) in [5.41, 5.74) is -2.07. The first-order valence-electron chi connectivity index (χ1n) is 9.17. The molecule has 31 heavy (non-hydrogen) atoms. The number of anilines is 1. The van der Waals surface area contributed by atoms with E-state index in [9.17, 15) is 37.3 Å². The molecule has 0 aromatic heterocycles. The van der Waals surface area contributed by atoms with Gasteiger partial charge in [-0.15, -0.1) is 0 Å². The standard InChI is InChI=1S/C20H21F3NO6P/c21-20(22,23)13-7-4-8-14(11-13)24-17(12-5-2-1-3-6-12)18(31(29)30)15(19(27)28)9-10-16(25)26/h1-8,11,15,17-18,24,31H,9-10H2,(H,25,26)(H,27,28)(H,29,30). The summed E-state index contributed by atoms with van der Waals surface area (Å²) >= 11 is 0. The summed E-state index contributed by atoms with van der Waals surface area (Å²) in [6, 6.07) is 10.9. The first kappa shape index (κ1) is 24.4. The van der Waals surface area contributed by atoms with Crippen molar-refractivity contribution >= 4 is 25.7 Å². The van der Waals surface area contributed by atoms with Crippen LogP contribution in [0.4, 0.5) is 18.9 Å². The van der Waals surface area contributed by atoms with Crippen LogP contribution in [0.5, 0.6) is 0 Å². The predicted molar refractivity (Wildman–Crippen MR) is 107 cm³/mol.